The highest BCUT2D eigenvalue weighted by molar-refractivity contribution is 7.92. The van der Waals surface area contributed by atoms with Crippen LogP contribution in [0.4, 0.5) is 11.4 Å². The maximum atomic E-state index is 13.4. The number of carbonyl (C=O) groups excluding carboxylic acids is 2. The van der Waals surface area contributed by atoms with Gasteiger partial charge in [0.15, 0.2) is 6.61 Å². The van der Waals surface area contributed by atoms with Crippen LogP contribution in [0.3, 0.4) is 0 Å². The molecule has 1 N–H and O–H groups in total. The molecule has 0 aliphatic carbocycles. The van der Waals surface area contributed by atoms with Gasteiger partial charge in [-0.25, -0.2) is 13.8 Å². The number of morpholine rings is 1. The van der Waals surface area contributed by atoms with Crippen LogP contribution in [0.15, 0.2) is 88.9 Å². The molecule has 1 fully saturated rings. The second-order valence-electron chi connectivity index (χ2n) is 8.75. The van der Waals surface area contributed by atoms with Crippen molar-refractivity contribution >= 4 is 39.4 Å². The van der Waals surface area contributed by atoms with E-state index in [0.717, 1.165) is 10.4 Å². The van der Waals surface area contributed by atoms with Gasteiger partial charge in [0, 0.05) is 25.2 Å². The van der Waals surface area contributed by atoms with Gasteiger partial charge in [-0.2, -0.15) is 5.10 Å². The Hall–Kier alpha value is -4.82. The molecule has 0 aromatic heterocycles. The second kappa shape index (κ2) is 13.5. The van der Waals surface area contributed by atoms with E-state index in [1.54, 1.807) is 35.2 Å². The first-order chi connectivity index (χ1) is 19.7. The Labute approximate surface area is 236 Å². The fourth-order valence-corrected chi connectivity index (χ4v) is 5.27. The van der Waals surface area contributed by atoms with Crippen molar-refractivity contribution in [3.8, 4) is 5.75 Å². The standard InChI is InChI=1S/C27H27N5O8S/c33-26(29-28-18-21-9-11-24(12-10-21)40-20-27(34)30-13-15-39-16-14-30)19-31(22-5-4-6-23(17-22)32(35)36)41(37,38)25-7-2-1-3-8-25/h1-12,17-18H,13-16,19-20H2,(H,29,33)/b28-18-. The molecule has 3 aromatic carbocycles. The molecule has 13 nitrogen and oxygen atoms in total. The summed E-state index contributed by atoms with van der Waals surface area (Å²) in [6, 6.07) is 19.0. The molecule has 2 amide bonds. The first-order valence-corrected chi connectivity index (χ1v) is 13.9. The summed E-state index contributed by atoms with van der Waals surface area (Å²) < 4.78 is 38.3. The van der Waals surface area contributed by atoms with Crippen LogP contribution in [0.1, 0.15) is 5.56 Å². The average molecular weight is 582 g/mol. The van der Waals surface area contributed by atoms with Crippen molar-refractivity contribution < 1.29 is 32.4 Å². The van der Waals surface area contributed by atoms with Crippen molar-refractivity contribution in [3.63, 3.8) is 0 Å². The molecule has 3 aromatic rings. The van der Waals surface area contributed by atoms with E-state index in [1.165, 1.54) is 48.7 Å². The number of hydrogen-bond acceptors (Lipinski definition) is 9. The number of ether oxygens (including phenoxy) is 2. The zero-order chi connectivity index (χ0) is 29.2. The van der Waals surface area contributed by atoms with Crippen molar-refractivity contribution in [1.82, 2.24) is 10.3 Å². The molecule has 4 rings (SSSR count). The van der Waals surface area contributed by atoms with Gasteiger partial charge in [-0.1, -0.05) is 24.3 Å². The molecular weight excluding hydrogens is 554 g/mol. The molecule has 0 bridgehead atoms. The Kier molecular flexibility index (Phi) is 9.60. The second-order valence-corrected chi connectivity index (χ2v) is 10.6. The van der Waals surface area contributed by atoms with Crippen LogP contribution in [-0.4, -0.2) is 75.7 Å². The van der Waals surface area contributed by atoms with E-state index in [4.69, 9.17) is 9.47 Å². The lowest BCUT2D eigenvalue weighted by Gasteiger charge is -2.26. The molecule has 1 aliphatic rings. The zero-order valence-electron chi connectivity index (χ0n) is 21.8. The fourth-order valence-electron chi connectivity index (χ4n) is 3.84. The number of nitrogens with one attached hydrogen (secondary N) is 1. The first kappa shape index (κ1) is 29.2. The van der Waals surface area contributed by atoms with Crippen LogP contribution < -0.4 is 14.5 Å². The van der Waals surface area contributed by atoms with E-state index >= 15 is 0 Å². The van der Waals surface area contributed by atoms with Gasteiger partial charge in [-0.05, 0) is 48.0 Å². The van der Waals surface area contributed by atoms with Crippen molar-refractivity contribution in [1.29, 1.82) is 0 Å². The number of nitro groups is 1. The van der Waals surface area contributed by atoms with Gasteiger partial charge in [-0.15, -0.1) is 0 Å². The van der Waals surface area contributed by atoms with E-state index in [1.807, 2.05) is 0 Å². The van der Waals surface area contributed by atoms with Crippen LogP contribution in [0.5, 0.6) is 5.75 Å². The smallest absolute Gasteiger partial charge is 0.271 e. The molecule has 1 aliphatic heterocycles. The summed E-state index contributed by atoms with van der Waals surface area (Å²) in [6.45, 7) is 1.29. The number of nitrogens with zero attached hydrogens (tertiary/aromatic N) is 4. The quantitative estimate of drug-likeness (QED) is 0.205. The lowest BCUT2D eigenvalue weighted by Crippen LogP contribution is -2.42. The van der Waals surface area contributed by atoms with E-state index in [2.05, 4.69) is 10.5 Å². The van der Waals surface area contributed by atoms with Gasteiger partial charge < -0.3 is 14.4 Å². The molecule has 0 spiro atoms. The number of non-ortho nitro benzene ring substituents is 1. The fraction of sp³-hybridized carbons (Fsp3) is 0.222. The minimum Gasteiger partial charge on any atom is -0.484 e. The molecular formula is C27H27N5O8S. The van der Waals surface area contributed by atoms with Crippen LogP contribution in [-0.2, 0) is 24.3 Å². The molecule has 214 valence electrons. The molecule has 0 unspecified atom stereocenters. The molecule has 0 saturated carbocycles. The predicted molar refractivity (Wildman–Crippen MR) is 149 cm³/mol. The van der Waals surface area contributed by atoms with E-state index < -0.39 is 27.4 Å². The summed E-state index contributed by atoms with van der Waals surface area (Å²) in [4.78, 5) is 37.1. The normalized spacial score (nSPS) is 13.5. The topological polar surface area (TPSA) is 161 Å². The van der Waals surface area contributed by atoms with E-state index in [9.17, 15) is 28.1 Å². The summed E-state index contributed by atoms with van der Waals surface area (Å²) in [5.74, 6) is -0.421. The largest absolute Gasteiger partial charge is 0.484 e. The molecule has 14 heteroatoms. The summed E-state index contributed by atoms with van der Waals surface area (Å²) in [6.07, 6.45) is 1.35. The van der Waals surface area contributed by atoms with Gasteiger partial charge in [0.1, 0.15) is 12.3 Å². The average Bonchev–Trinajstić information content (AvgIpc) is 3.00. The Morgan fingerprint density at radius 3 is 2.44 bits per heavy atom. The molecule has 0 atom stereocenters. The van der Waals surface area contributed by atoms with Crippen molar-refractivity contribution in [2.24, 2.45) is 5.10 Å². The molecule has 1 saturated heterocycles. The van der Waals surface area contributed by atoms with Crippen LogP contribution in [0.25, 0.3) is 0 Å². The monoisotopic (exact) mass is 581 g/mol. The molecule has 0 radical (unpaired) electrons. The van der Waals surface area contributed by atoms with Gasteiger partial charge in [0.2, 0.25) is 0 Å². The van der Waals surface area contributed by atoms with Crippen LogP contribution >= 0.6 is 0 Å². The van der Waals surface area contributed by atoms with Gasteiger partial charge in [0.25, 0.3) is 27.5 Å². The number of anilines is 1. The number of carbonyl (C=O) groups is 2. The number of rotatable bonds is 11. The van der Waals surface area contributed by atoms with Crippen molar-refractivity contribution in [2.75, 3.05) is 43.8 Å². The molecule has 41 heavy (non-hydrogen) atoms. The third kappa shape index (κ3) is 7.86. The Morgan fingerprint density at radius 1 is 1.05 bits per heavy atom. The van der Waals surface area contributed by atoms with E-state index in [-0.39, 0.29) is 28.8 Å². The zero-order valence-corrected chi connectivity index (χ0v) is 22.6. The van der Waals surface area contributed by atoms with Crippen LogP contribution in [0.2, 0.25) is 0 Å². The highest BCUT2D eigenvalue weighted by atomic mass is 32.2. The molecule has 1 heterocycles. The van der Waals surface area contributed by atoms with Gasteiger partial charge in [-0.3, -0.25) is 24.0 Å². The minimum atomic E-state index is -4.24. The Balaban J connectivity index is 1.39. The SMILES string of the molecule is O=C(CN(c1cccc([N+](=O)[O-])c1)S(=O)(=O)c1ccccc1)N/N=C\c1ccc(OCC(=O)N2CCOCC2)cc1. The number of amides is 2. The highest BCUT2D eigenvalue weighted by Crippen LogP contribution is 2.26. The summed E-state index contributed by atoms with van der Waals surface area (Å²) in [5, 5.41) is 15.1. The van der Waals surface area contributed by atoms with E-state index in [0.29, 0.717) is 37.6 Å². The summed E-state index contributed by atoms with van der Waals surface area (Å²) in [5.41, 5.74) is 2.51. The third-order valence-electron chi connectivity index (χ3n) is 5.96. The highest BCUT2D eigenvalue weighted by Gasteiger charge is 2.28. The minimum absolute atomic E-state index is 0.0510. The lowest BCUT2D eigenvalue weighted by molar-refractivity contribution is -0.384. The maximum absolute atomic E-state index is 13.4. The third-order valence-corrected chi connectivity index (χ3v) is 7.74. The van der Waals surface area contributed by atoms with Crippen molar-refractivity contribution in [2.45, 2.75) is 4.90 Å². The summed E-state index contributed by atoms with van der Waals surface area (Å²) >= 11 is 0. The Morgan fingerprint density at radius 2 is 1.76 bits per heavy atom. The predicted octanol–water partition coefficient (Wildman–Crippen LogP) is 2.18. The number of hydrazone groups is 1. The maximum Gasteiger partial charge on any atom is 0.271 e. The van der Waals surface area contributed by atoms with Gasteiger partial charge in [0.05, 0.1) is 34.9 Å². The number of hydrogen-bond donors (Lipinski definition) is 1. The lowest BCUT2D eigenvalue weighted by atomic mass is 10.2. The van der Waals surface area contributed by atoms with Gasteiger partial charge >= 0.3 is 0 Å². The summed E-state index contributed by atoms with van der Waals surface area (Å²) in [7, 11) is -4.24. The first-order valence-electron chi connectivity index (χ1n) is 12.5. The number of benzene rings is 3. The Bertz CT molecular complexity index is 1510. The van der Waals surface area contributed by atoms with Crippen LogP contribution in [0, 0.1) is 10.1 Å². The van der Waals surface area contributed by atoms with Crippen molar-refractivity contribution in [3.05, 3.63) is 94.5 Å². The number of nitro benzene ring substituents is 1. The number of sulfonamides is 1.